The molecule has 11 aromatic rings. The van der Waals surface area contributed by atoms with Crippen LogP contribution in [-0.4, -0.2) is 0 Å². The first-order chi connectivity index (χ1) is 29.2. The van der Waals surface area contributed by atoms with Gasteiger partial charge >= 0.3 is 0 Å². The topological polar surface area (TPSA) is 3.24 Å². The van der Waals surface area contributed by atoms with Gasteiger partial charge in [0.15, 0.2) is 0 Å². The van der Waals surface area contributed by atoms with Gasteiger partial charge in [-0.15, -0.1) is 0 Å². The number of rotatable bonds is 6. The van der Waals surface area contributed by atoms with E-state index in [4.69, 9.17) is 0 Å². The molecule has 12 rings (SSSR count). The molecule has 0 aliphatic heterocycles. The number of hydrogen-bond acceptors (Lipinski definition) is 1. The average molecular weight is 748 g/mol. The van der Waals surface area contributed by atoms with E-state index in [-0.39, 0.29) is 0 Å². The van der Waals surface area contributed by atoms with Crippen LogP contribution in [0.25, 0.3) is 98.7 Å². The molecule has 0 aromatic heterocycles. The van der Waals surface area contributed by atoms with Crippen LogP contribution in [0.1, 0.15) is 0 Å². The molecule has 1 aliphatic rings. The smallest absolute Gasteiger partial charge is 0.0624 e. The summed E-state index contributed by atoms with van der Waals surface area (Å²) in [4.78, 5) is 2.49. The molecule has 0 saturated heterocycles. The van der Waals surface area contributed by atoms with Crippen LogP contribution in [-0.2, 0) is 0 Å². The summed E-state index contributed by atoms with van der Waals surface area (Å²) >= 11 is 0. The van der Waals surface area contributed by atoms with Gasteiger partial charge in [-0.05, 0) is 142 Å². The molecule has 59 heavy (non-hydrogen) atoms. The minimum Gasteiger partial charge on any atom is -0.309 e. The van der Waals surface area contributed by atoms with E-state index in [1.807, 2.05) is 0 Å². The first-order valence-electron chi connectivity index (χ1n) is 20.4. The van der Waals surface area contributed by atoms with Gasteiger partial charge in [-0.25, -0.2) is 0 Å². The lowest BCUT2D eigenvalue weighted by molar-refractivity contribution is 1.29. The minimum atomic E-state index is 1.12. The van der Waals surface area contributed by atoms with E-state index in [0.29, 0.717) is 0 Å². The molecule has 274 valence electrons. The fourth-order valence-electron chi connectivity index (χ4n) is 9.36. The molecule has 0 amide bonds. The van der Waals surface area contributed by atoms with Crippen molar-refractivity contribution in [2.45, 2.75) is 0 Å². The highest BCUT2D eigenvalue weighted by Gasteiger charge is 2.31. The fraction of sp³-hybridized carbons (Fsp3) is 0. The van der Waals surface area contributed by atoms with Crippen molar-refractivity contribution in [3.63, 3.8) is 0 Å². The van der Waals surface area contributed by atoms with Crippen LogP contribution in [0.4, 0.5) is 17.1 Å². The second kappa shape index (κ2) is 13.4. The predicted molar refractivity (Wildman–Crippen MR) is 252 cm³/mol. The molecule has 1 aliphatic carbocycles. The number of fused-ring (bicyclic) bond motifs is 9. The zero-order chi connectivity index (χ0) is 38.9. The van der Waals surface area contributed by atoms with Gasteiger partial charge in [-0.1, -0.05) is 170 Å². The van der Waals surface area contributed by atoms with E-state index in [1.165, 1.54) is 104 Å². The highest BCUT2D eigenvalue weighted by atomic mass is 15.1. The van der Waals surface area contributed by atoms with Crippen LogP contribution in [0.3, 0.4) is 0 Å². The van der Waals surface area contributed by atoms with Crippen LogP contribution in [0.2, 0.25) is 0 Å². The standard InChI is InChI=1S/C58H37N/c1-3-11-38(12-4-1)40-23-28-49(29-24-40)59(50-30-25-41(26-31-50)44-27-32-52-47(33-44)22-19-42-15-7-9-17-51(42)52)58-53-18-10-8-16-46(53)36-55-54-35-45-21-20-43(39-13-5-2-6-14-39)34-48(45)37-56(54)57(55)58/h1-37H. The highest BCUT2D eigenvalue weighted by Crippen LogP contribution is 2.58. The van der Waals surface area contributed by atoms with Gasteiger partial charge in [0.2, 0.25) is 0 Å². The van der Waals surface area contributed by atoms with E-state index >= 15 is 0 Å². The molecular formula is C58H37N. The summed E-state index contributed by atoms with van der Waals surface area (Å²) in [6.07, 6.45) is 0. The van der Waals surface area contributed by atoms with Crippen molar-refractivity contribution in [3.8, 4) is 55.6 Å². The van der Waals surface area contributed by atoms with Crippen molar-refractivity contribution in [2.24, 2.45) is 0 Å². The molecule has 0 atom stereocenters. The molecule has 0 heterocycles. The third-order valence-corrected chi connectivity index (χ3v) is 12.3. The molecule has 0 fully saturated rings. The Morgan fingerprint density at radius 3 is 1.39 bits per heavy atom. The van der Waals surface area contributed by atoms with Crippen molar-refractivity contribution in [1.82, 2.24) is 0 Å². The van der Waals surface area contributed by atoms with E-state index in [2.05, 4.69) is 229 Å². The number of benzene rings is 11. The van der Waals surface area contributed by atoms with E-state index < -0.39 is 0 Å². The maximum absolute atomic E-state index is 2.49. The van der Waals surface area contributed by atoms with Crippen LogP contribution < -0.4 is 4.90 Å². The first-order valence-corrected chi connectivity index (χ1v) is 20.4. The van der Waals surface area contributed by atoms with E-state index in [9.17, 15) is 0 Å². The van der Waals surface area contributed by atoms with Gasteiger partial charge in [0.05, 0.1) is 5.69 Å². The number of hydrogen-bond donors (Lipinski definition) is 0. The van der Waals surface area contributed by atoms with Gasteiger partial charge in [0.25, 0.3) is 0 Å². The summed E-state index contributed by atoms with van der Waals surface area (Å²) in [6.45, 7) is 0. The molecule has 0 bridgehead atoms. The summed E-state index contributed by atoms with van der Waals surface area (Å²) in [5.74, 6) is 0. The van der Waals surface area contributed by atoms with Gasteiger partial charge < -0.3 is 4.90 Å². The molecular weight excluding hydrogens is 711 g/mol. The maximum atomic E-state index is 2.49. The van der Waals surface area contributed by atoms with Crippen molar-refractivity contribution in [1.29, 1.82) is 0 Å². The van der Waals surface area contributed by atoms with Gasteiger partial charge in [0, 0.05) is 22.3 Å². The van der Waals surface area contributed by atoms with Crippen LogP contribution in [0.5, 0.6) is 0 Å². The second-order valence-corrected chi connectivity index (χ2v) is 15.7. The number of nitrogens with zero attached hydrogens (tertiary/aromatic N) is 1. The predicted octanol–water partition coefficient (Wildman–Crippen LogP) is 16.4. The van der Waals surface area contributed by atoms with E-state index in [1.54, 1.807) is 0 Å². The first kappa shape index (κ1) is 33.4. The Bertz CT molecular complexity index is 3400. The molecule has 1 nitrogen and oxygen atoms in total. The maximum Gasteiger partial charge on any atom is 0.0624 e. The SMILES string of the molecule is c1ccc(-c2ccc(N(c3ccc(-c4ccc5c(ccc6ccccc65)c4)cc3)c3c4c(cc5ccccc35)-c3cc5ccc(-c6ccccc6)cc5cc3-4)cc2)cc1. The molecule has 0 spiro atoms. The zero-order valence-electron chi connectivity index (χ0n) is 32.3. The Morgan fingerprint density at radius 2 is 0.678 bits per heavy atom. The third kappa shape index (κ3) is 5.55. The van der Waals surface area contributed by atoms with Crippen molar-refractivity contribution in [3.05, 3.63) is 224 Å². The third-order valence-electron chi connectivity index (χ3n) is 12.3. The summed E-state index contributed by atoms with van der Waals surface area (Å²) in [6, 6.07) is 82.5. The van der Waals surface area contributed by atoms with Gasteiger partial charge in [-0.3, -0.25) is 0 Å². The van der Waals surface area contributed by atoms with Gasteiger partial charge in [0.1, 0.15) is 0 Å². The van der Waals surface area contributed by atoms with E-state index in [0.717, 1.165) is 11.4 Å². The summed E-state index contributed by atoms with van der Waals surface area (Å²) in [5.41, 5.74) is 15.9. The average Bonchev–Trinajstić information content (AvgIpc) is 3.31. The Kier molecular flexibility index (Phi) is 7.61. The van der Waals surface area contributed by atoms with Crippen LogP contribution in [0, 0.1) is 0 Å². The Balaban J connectivity index is 1.03. The molecule has 0 N–H and O–H groups in total. The number of anilines is 3. The Labute approximate surface area is 343 Å². The fourth-order valence-corrected chi connectivity index (χ4v) is 9.36. The Hall–Kier alpha value is -7.74. The molecule has 1 heteroatoms. The van der Waals surface area contributed by atoms with Crippen LogP contribution in [0.15, 0.2) is 224 Å². The summed E-state index contributed by atoms with van der Waals surface area (Å²) < 4.78 is 0. The monoisotopic (exact) mass is 747 g/mol. The lowest BCUT2D eigenvalue weighted by atomic mass is 9.76. The quantitative estimate of drug-likeness (QED) is 0.153. The molecule has 0 radical (unpaired) electrons. The van der Waals surface area contributed by atoms with Crippen molar-refractivity contribution >= 4 is 60.2 Å². The Morgan fingerprint density at radius 1 is 0.237 bits per heavy atom. The molecule has 0 unspecified atom stereocenters. The minimum absolute atomic E-state index is 1.12. The lowest BCUT2D eigenvalue weighted by Gasteiger charge is -2.35. The molecule has 11 aromatic carbocycles. The highest BCUT2D eigenvalue weighted by molar-refractivity contribution is 6.20. The lowest BCUT2D eigenvalue weighted by Crippen LogP contribution is -2.15. The molecule has 0 saturated carbocycles. The normalized spacial score (nSPS) is 11.7. The van der Waals surface area contributed by atoms with Crippen molar-refractivity contribution < 1.29 is 0 Å². The zero-order valence-corrected chi connectivity index (χ0v) is 32.3. The largest absolute Gasteiger partial charge is 0.309 e. The van der Waals surface area contributed by atoms with Crippen molar-refractivity contribution in [2.75, 3.05) is 4.90 Å². The van der Waals surface area contributed by atoms with Crippen LogP contribution >= 0.6 is 0 Å². The second-order valence-electron chi connectivity index (χ2n) is 15.7. The summed E-state index contributed by atoms with van der Waals surface area (Å²) in [5, 5.41) is 10.1. The van der Waals surface area contributed by atoms with Gasteiger partial charge in [-0.2, -0.15) is 0 Å². The summed E-state index contributed by atoms with van der Waals surface area (Å²) in [7, 11) is 0.